The topological polar surface area (TPSA) is 0 Å². The van der Waals surface area contributed by atoms with Crippen LogP contribution >= 0.6 is 42.9 Å². The molecular weight excluding hydrogens is 1100 g/mol. The number of halogens is 3. The minimum absolute atomic E-state index is 0. The molecule has 76 heavy (non-hydrogen) atoms. The van der Waals surface area contributed by atoms with Gasteiger partial charge in [-0.05, 0) is 254 Å². The van der Waals surface area contributed by atoms with Crippen molar-refractivity contribution >= 4 is 58.4 Å². The normalized spacial score (nSPS) is 43.0. The Balaban J connectivity index is 0.000000199. The van der Waals surface area contributed by atoms with Crippen molar-refractivity contribution in [2.75, 3.05) is 10.7 Å². The molecule has 2 heterocycles. The molecule has 0 radical (unpaired) electrons. The van der Waals surface area contributed by atoms with E-state index in [-0.39, 0.29) is 24.3 Å². The van der Waals surface area contributed by atoms with Gasteiger partial charge in [-0.25, -0.2) is 0 Å². The molecule has 0 spiro atoms. The smallest absolute Gasteiger partial charge is 0.693 e. The first-order chi connectivity index (χ1) is 35.8. The van der Waals surface area contributed by atoms with Crippen LogP contribution in [0, 0.1) is 123 Å². The van der Waals surface area contributed by atoms with Crippen molar-refractivity contribution in [1.29, 1.82) is 0 Å². The van der Waals surface area contributed by atoms with Gasteiger partial charge in [-0.15, -0.1) is 11.5 Å². The van der Waals surface area contributed by atoms with E-state index in [2.05, 4.69) is 111 Å². The molecule has 7 saturated carbocycles. The van der Waals surface area contributed by atoms with E-state index in [1.165, 1.54) is 253 Å². The van der Waals surface area contributed by atoms with Crippen molar-refractivity contribution in [2.24, 2.45) is 99.6 Å². The Kier molecular flexibility index (Phi) is 30.3. The Morgan fingerprint density at radius 2 is 0.711 bits per heavy atom. The molecule has 9 aliphatic rings. The van der Waals surface area contributed by atoms with Gasteiger partial charge in [0.05, 0.1) is 0 Å². The van der Waals surface area contributed by atoms with E-state index >= 15 is 0 Å². The van der Waals surface area contributed by atoms with Crippen LogP contribution in [0.2, 0.25) is 37.3 Å². The van der Waals surface area contributed by atoms with Gasteiger partial charge in [0.2, 0.25) is 0 Å². The minimum Gasteiger partial charge on any atom is -0.693 e. The Morgan fingerprint density at radius 3 is 1.03 bits per heavy atom. The molecule has 9 fully saturated rings. The monoisotopic (exact) mass is 1220 g/mol. The van der Waals surface area contributed by atoms with Crippen molar-refractivity contribution in [1.82, 2.24) is 0 Å². The average molecular weight is 1220 g/mol. The number of rotatable bonds is 9. The fraction of sp³-hybridized carbons (Fsp3) is 0.943. The summed E-state index contributed by atoms with van der Waals surface area (Å²) >= 11 is 13.7. The fourth-order valence-electron chi connectivity index (χ4n) is 17.3. The van der Waals surface area contributed by atoms with Crippen LogP contribution in [0.25, 0.3) is 0 Å². The van der Waals surface area contributed by atoms with Gasteiger partial charge in [0.25, 0.3) is 0 Å². The van der Waals surface area contributed by atoms with Crippen LogP contribution in [0.4, 0.5) is 0 Å². The summed E-state index contributed by atoms with van der Waals surface area (Å²) in [6.45, 7) is 21.8. The number of hydrogen-bond acceptors (Lipinski definition) is 0. The summed E-state index contributed by atoms with van der Waals surface area (Å²) < 4.78 is 0. The van der Waals surface area contributed by atoms with Crippen LogP contribution in [0.3, 0.4) is 0 Å². The molecular formula is C70H122Br2ClLiSi2. The van der Waals surface area contributed by atoms with Crippen LogP contribution in [0.5, 0.6) is 0 Å². The number of hydrogen-bond donors (Lipinski definition) is 0. The van der Waals surface area contributed by atoms with Crippen molar-refractivity contribution in [2.45, 2.75) is 304 Å². The zero-order chi connectivity index (χ0) is 54.1. The molecule has 7 aliphatic carbocycles. The Labute approximate surface area is 511 Å². The second-order valence-electron chi connectivity index (χ2n) is 30.6. The summed E-state index contributed by atoms with van der Waals surface area (Å²) in [6.07, 6.45) is 56.6. The third-order valence-corrected chi connectivity index (χ3v) is 32.3. The molecule has 432 valence electrons. The molecule has 6 heteroatoms. The van der Waals surface area contributed by atoms with Crippen LogP contribution in [0.1, 0.15) is 267 Å². The van der Waals surface area contributed by atoms with Gasteiger partial charge in [0.15, 0.2) is 7.38 Å². The number of alkyl halides is 2. The largest absolute Gasteiger partial charge is 1.00 e. The second-order valence-corrected chi connectivity index (χ2v) is 43.2. The van der Waals surface area contributed by atoms with E-state index in [4.69, 9.17) is 17.5 Å². The zero-order valence-corrected chi connectivity index (χ0v) is 58.0. The maximum Gasteiger partial charge on any atom is 1.00 e. The minimum atomic E-state index is -1.30. The molecule has 0 bridgehead atoms. The molecule has 2 aliphatic heterocycles. The van der Waals surface area contributed by atoms with E-state index in [9.17, 15) is 0 Å². The van der Waals surface area contributed by atoms with Crippen LogP contribution in [-0.2, 0) is 0 Å². The first-order valence-corrected chi connectivity index (χ1v) is 42.7. The first-order valence-electron chi connectivity index (χ1n) is 33.6. The van der Waals surface area contributed by atoms with Crippen molar-refractivity contribution in [3.8, 4) is 17.4 Å². The van der Waals surface area contributed by atoms with E-state index in [0.717, 1.165) is 88.8 Å². The molecule has 0 aromatic carbocycles. The average Bonchev–Trinajstić information content (AvgIpc) is 3.41. The molecule has 0 aromatic rings. The van der Waals surface area contributed by atoms with Crippen LogP contribution < -0.4 is 18.9 Å². The van der Waals surface area contributed by atoms with Gasteiger partial charge in [-0.1, -0.05) is 176 Å². The maximum absolute atomic E-state index is 7.38. The van der Waals surface area contributed by atoms with Gasteiger partial charge >= 0.3 is 18.9 Å². The summed E-state index contributed by atoms with van der Waals surface area (Å²) in [7, 11) is -2.54. The Bertz CT molecular complexity index is 1600. The molecule has 0 aromatic heterocycles. The van der Waals surface area contributed by atoms with E-state index in [0.29, 0.717) is 5.41 Å². The van der Waals surface area contributed by atoms with E-state index in [1.54, 1.807) is 0 Å². The first kappa shape index (κ1) is 68.2. The predicted molar refractivity (Wildman–Crippen MR) is 345 cm³/mol. The van der Waals surface area contributed by atoms with Gasteiger partial charge in [0.1, 0.15) is 8.07 Å². The van der Waals surface area contributed by atoms with Gasteiger partial charge in [-0.2, -0.15) is 11.1 Å². The van der Waals surface area contributed by atoms with Crippen LogP contribution in [-0.4, -0.2) is 26.1 Å². The quantitative estimate of drug-likeness (QED) is 0.0710. The summed E-state index contributed by atoms with van der Waals surface area (Å²) in [5.74, 6) is 21.9. The predicted octanol–water partition coefficient (Wildman–Crippen LogP) is 20.5. The summed E-state index contributed by atoms with van der Waals surface area (Å²) in [6, 6.07) is 5.75. The Hall–Kier alpha value is 1.40. The standard InChI is InChI=1S/C29H50Si.C16H25.C13H25ClSi.C12H22Br2.Li/c1-23-5-9-25(10-6-23)27-13-17-29(3,18-14-27)19-22-30(4)20-15-28(16-21-30)26-11-7-24(2)8-12-26;1-4-16(3)11-9-15(10-12-16)14-7-5-13(2)6-8-14;1-11-3-5-12(6-4-11)13-7-9-15(2,14)10-8-13;1-10-2-4-11(5-3-10)12(6-8-13)7-9-14;/h23-28H,5-18,20-21H2,1-4H3;13-15H,5-12H2,2-3H3;11-13H,3-10H2,1-2H3;10-12H,2-9H2,1H3;/q;-1;;;+1. The molecule has 0 nitrogen and oxygen atoms in total. The third-order valence-electron chi connectivity index (χ3n) is 24.0. The fourth-order valence-corrected chi connectivity index (χ4v) is 24.5. The van der Waals surface area contributed by atoms with Crippen molar-refractivity contribution < 1.29 is 18.9 Å². The summed E-state index contributed by atoms with van der Waals surface area (Å²) in [5.41, 5.74) is 4.48. The third kappa shape index (κ3) is 22.8. The van der Waals surface area contributed by atoms with E-state index in [1.807, 2.05) is 0 Å². The molecule has 2 saturated heterocycles. The molecule has 0 atom stereocenters. The second kappa shape index (κ2) is 33.8. The summed E-state index contributed by atoms with van der Waals surface area (Å²) in [4.78, 5) is 0. The molecule has 0 unspecified atom stereocenters. The molecule has 0 N–H and O–H groups in total. The summed E-state index contributed by atoms with van der Waals surface area (Å²) in [5, 5.41) is 2.35. The SMILES string of the molecule is CC1CCC(C(CCBr)CCBr)CC1.CC1CCC(C2CCC(C)(C#C[Si]3(C)CCC(C4CCC(C)CC4)CC3)CC2)CC1.CC1CCC(C2CC[Si](C)(Cl)CC2)CC1.[C-]#CC1(C)CCC(C2CCC(C)CC2)CC1.[Li+]. The van der Waals surface area contributed by atoms with Gasteiger partial charge < -0.3 is 12.3 Å². The zero-order valence-electron chi connectivity index (χ0n) is 52.1. The van der Waals surface area contributed by atoms with Crippen molar-refractivity contribution in [3.63, 3.8) is 0 Å². The van der Waals surface area contributed by atoms with Gasteiger partial charge in [-0.3, -0.25) is 0 Å². The molecule has 9 rings (SSSR count). The van der Waals surface area contributed by atoms with Crippen molar-refractivity contribution in [3.05, 3.63) is 6.42 Å². The Morgan fingerprint density at radius 1 is 0.434 bits per heavy atom. The van der Waals surface area contributed by atoms with Gasteiger partial charge in [0, 0.05) is 16.1 Å². The van der Waals surface area contributed by atoms with E-state index < -0.39 is 15.5 Å². The van der Waals surface area contributed by atoms with Crippen LogP contribution in [0.15, 0.2) is 0 Å². The maximum atomic E-state index is 7.38. The molecule has 0 amide bonds.